The number of amidine groups is 1. The fourth-order valence-electron chi connectivity index (χ4n) is 5.59. The van der Waals surface area contributed by atoms with Gasteiger partial charge >= 0.3 is 6.09 Å². The van der Waals surface area contributed by atoms with E-state index < -0.39 is 11.4 Å². The highest BCUT2D eigenvalue weighted by atomic mass is 35.5. The number of pyridine rings is 2. The number of anilines is 2. The van der Waals surface area contributed by atoms with Gasteiger partial charge < -0.3 is 14.5 Å². The van der Waals surface area contributed by atoms with E-state index in [0.717, 1.165) is 30.5 Å². The molecule has 3 aromatic rings. The second-order valence-electron chi connectivity index (χ2n) is 12.3. The monoisotopic (exact) mass is 620 g/mol. The summed E-state index contributed by atoms with van der Waals surface area (Å²) in [5.41, 5.74) is 2.66. The van der Waals surface area contributed by atoms with E-state index in [4.69, 9.17) is 21.3 Å². The van der Waals surface area contributed by atoms with Crippen LogP contribution in [0.5, 0.6) is 0 Å². The van der Waals surface area contributed by atoms with Gasteiger partial charge in [-0.25, -0.2) is 14.2 Å². The maximum Gasteiger partial charge on any atom is 0.410 e. The minimum absolute atomic E-state index is 0.153. The van der Waals surface area contributed by atoms with Crippen molar-refractivity contribution < 1.29 is 18.7 Å². The van der Waals surface area contributed by atoms with Crippen LogP contribution in [0.2, 0.25) is 5.02 Å². The summed E-state index contributed by atoms with van der Waals surface area (Å²) < 4.78 is 20.6. The molecule has 11 heteroatoms. The lowest BCUT2D eigenvalue weighted by Gasteiger charge is -2.42. The molecule has 2 aromatic heterocycles. The summed E-state index contributed by atoms with van der Waals surface area (Å²) in [7, 11) is 1.67. The van der Waals surface area contributed by atoms with Gasteiger partial charge in [0.15, 0.2) is 5.82 Å². The third-order valence-electron chi connectivity index (χ3n) is 7.78. The van der Waals surface area contributed by atoms with Gasteiger partial charge in [-0.1, -0.05) is 23.7 Å². The Morgan fingerprint density at radius 3 is 2.55 bits per heavy atom. The molecule has 5 rings (SSSR count). The van der Waals surface area contributed by atoms with Gasteiger partial charge in [-0.3, -0.25) is 19.7 Å². The molecular formula is C33H38ClFN6O3. The normalized spacial score (nSPS) is 17.5. The molecule has 1 aliphatic carbocycles. The Bertz CT molecular complexity index is 1600. The van der Waals surface area contributed by atoms with E-state index in [2.05, 4.69) is 14.9 Å². The predicted molar refractivity (Wildman–Crippen MR) is 170 cm³/mol. The largest absolute Gasteiger partial charge is 0.444 e. The molecule has 232 valence electrons. The molecule has 1 atom stereocenters. The average Bonchev–Trinajstić information content (AvgIpc) is 3.81. The Morgan fingerprint density at radius 1 is 1.20 bits per heavy atom. The van der Waals surface area contributed by atoms with E-state index in [0.29, 0.717) is 36.7 Å². The third kappa shape index (κ3) is 6.40. The van der Waals surface area contributed by atoms with Crippen LogP contribution in [0.1, 0.15) is 63.3 Å². The van der Waals surface area contributed by atoms with Gasteiger partial charge in [0.05, 0.1) is 27.7 Å². The molecular weight excluding hydrogens is 583 g/mol. The molecule has 1 aromatic carbocycles. The first-order chi connectivity index (χ1) is 20.9. The molecule has 1 aliphatic heterocycles. The molecule has 2 fully saturated rings. The number of nitrogens with zero attached hydrogens (tertiary/aromatic N) is 6. The second kappa shape index (κ2) is 12.5. The van der Waals surface area contributed by atoms with Crippen molar-refractivity contribution in [2.24, 2.45) is 4.99 Å². The zero-order chi connectivity index (χ0) is 31.8. The smallest absolute Gasteiger partial charge is 0.410 e. The zero-order valence-corrected chi connectivity index (χ0v) is 26.7. The van der Waals surface area contributed by atoms with Crippen LogP contribution >= 0.6 is 11.6 Å². The number of carbonyl (C=O) groups is 2. The number of hydrogen-bond donors (Lipinski definition) is 0. The Labute approximate surface area is 262 Å². The topological polar surface area (TPSA) is 91.2 Å². The van der Waals surface area contributed by atoms with Gasteiger partial charge in [0, 0.05) is 50.4 Å². The minimum Gasteiger partial charge on any atom is -0.444 e. The standard InChI is InChI=1S/C33H38ClFN6O3/c1-20-13-14-37-27(22-11-12-22)29(20)41(19-42)31-24(17-25(34)28(38-31)23-9-7-8-10-26(23)35)30(36-6)40-16-15-39(18-21(40)2)32(43)44-33(3,4)5/h7-10,13-14,17,19,21-22H,11-12,15-16,18H2,1-6H3. The molecule has 44 heavy (non-hydrogen) atoms. The lowest BCUT2D eigenvalue weighted by molar-refractivity contribution is -0.106. The molecule has 1 saturated carbocycles. The summed E-state index contributed by atoms with van der Waals surface area (Å²) in [5.74, 6) is 0.579. The van der Waals surface area contributed by atoms with E-state index in [9.17, 15) is 9.59 Å². The van der Waals surface area contributed by atoms with Gasteiger partial charge in [0.1, 0.15) is 17.3 Å². The third-order valence-corrected chi connectivity index (χ3v) is 8.07. The van der Waals surface area contributed by atoms with Crippen molar-refractivity contribution in [2.45, 2.75) is 65.0 Å². The van der Waals surface area contributed by atoms with Gasteiger partial charge in [0.25, 0.3) is 0 Å². The van der Waals surface area contributed by atoms with Crippen LogP contribution in [-0.4, -0.2) is 76.4 Å². The predicted octanol–water partition coefficient (Wildman–Crippen LogP) is 6.73. The summed E-state index contributed by atoms with van der Waals surface area (Å²) >= 11 is 6.84. The average molecular weight is 621 g/mol. The minimum atomic E-state index is -0.604. The number of benzene rings is 1. The van der Waals surface area contributed by atoms with Gasteiger partial charge in [-0.2, -0.15) is 0 Å². The number of aromatic nitrogens is 2. The van der Waals surface area contributed by atoms with E-state index >= 15 is 4.39 Å². The highest BCUT2D eigenvalue weighted by Gasteiger charge is 2.36. The Balaban J connectivity index is 1.62. The number of ether oxygens (including phenoxy) is 1. The van der Waals surface area contributed by atoms with Crippen LogP contribution in [0.4, 0.5) is 20.7 Å². The van der Waals surface area contributed by atoms with Crippen molar-refractivity contribution in [1.82, 2.24) is 19.8 Å². The number of hydrogen-bond acceptors (Lipinski definition) is 6. The molecule has 0 bridgehead atoms. The van der Waals surface area contributed by atoms with Crippen molar-refractivity contribution in [3.63, 3.8) is 0 Å². The molecule has 2 aliphatic rings. The first-order valence-electron chi connectivity index (χ1n) is 14.8. The molecule has 0 radical (unpaired) electrons. The van der Waals surface area contributed by atoms with Crippen molar-refractivity contribution in [3.05, 3.63) is 70.3 Å². The number of halogens is 2. The molecule has 0 N–H and O–H groups in total. The number of piperazine rings is 1. The highest BCUT2D eigenvalue weighted by Crippen LogP contribution is 2.46. The summed E-state index contributed by atoms with van der Waals surface area (Å²) in [6.07, 6.45) is 4.07. The lowest BCUT2D eigenvalue weighted by Crippen LogP contribution is -2.56. The first kappa shape index (κ1) is 31.4. The van der Waals surface area contributed by atoms with Gasteiger partial charge in [-0.05, 0) is 77.3 Å². The first-order valence-corrected chi connectivity index (χ1v) is 15.2. The molecule has 9 nitrogen and oxygen atoms in total. The van der Waals surface area contributed by atoms with E-state index in [1.165, 1.54) is 11.0 Å². The van der Waals surface area contributed by atoms with Crippen LogP contribution in [0.3, 0.4) is 0 Å². The highest BCUT2D eigenvalue weighted by molar-refractivity contribution is 6.33. The summed E-state index contributed by atoms with van der Waals surface area (Å²) in [4.78, 5) is 45.3. The maximum absolute atomic E-state index is 15.0. The molecule has 3 heterocycles. The van der Waals surface area contributed by atoms with Crippen LogP contribution in [0.15, 0.2) is 47.6 Å². The van der Waals surface area contributed by atoms with Crippen molar-refractivity contribution in [1.29, 1.82) is 0 Å². The van der Waals surface area contributed by atoms with E-state index in [1.54, 1.807) is 42.4 Å². The molecule has 1 unspecified atom stereocenters. The Hall–Kier alpha value is -4.05. The molecule has 2 amide bonds. The Kier molecular flexibility index (Phi) is 8.92. The van der Waals surface area contributed by atoms with Gasteiger partial charge in [0.2, 0.25) is 6.41 Å². The quantitative estimate of drug-likeness (QED) is 0.172. The second-order valence-corrected chi connectivity index (χ2v) is 12.7. The molecule has 0 spiro atoms. The number of carbonyl (C=O) groups excluding carboxylic acids is 2. The van der Waals surface area contributed by atoms with Crippen LogP contribution in [0.25, 0.3) is 11.3 Å². The van der Waals surface area contributed by atoms with Crippen LogP contribution < -0.4 is 4.90 Å². The number of rotatable bonds is 6. The summed E-state index contributed by atoms with van der Waals surface area (Å²) in [6.45, 7) is 10.7. The SMILES string of the molecule is CN=C(c1cc(Cl)c(-c2ccccc2F)nc1N(C=O)c1c(C)ccnc1C1CC1)N1CCN(C(=O)OC(C)(C)C)CC1C. The van der Waals surface area contributed by atoms with Crippen molar-refractivity contribution >= 4 is 41.4 Å². The number of aryl methyl sites for hydroxylation is 1. The van der Waals surface area contributed by atoms with E-state index in [-0.39, 0.29) is 40.2 Å². The molecule has 1 saturated heterocycles. The van der Waals surface area contributed by atoms with Crippen LogP contribution in [0, 0.1) is 12.7 Å². The summed E-state index contributed by atoms with van der Waals surface area (Å²) in [5, 5.41) is 0.214. The fraction of sp³-hybridized carbons (Fsp3) is 0.424. The van der Waals surface area contributed by atoms with E-state index in [1.807, 2.05) is 40.7 Å². The Morgan fingerprint density at radius 2 is 1.93 bits per heavy atom. The van der Waals surface area contributed by atoms with Crippen molar-refractivity contribution in [2.75, 3.05) is 31.6 Å². The lowest BCUT2D eigenvalue weighted by atomic mass is 10.0. The zero-order valence-electron chi connectivity index (χ0n) is 26.0. The van der Waals surface area contributed by atoms with Crippen molar-refractivity contribution in [3.8, 4) is 11.3 Å². The summed E-state index contributed by atoms with van der Waals surface area (Å²) in [6, 6.07) is 9.66. The number of aliphatic imine (C=N–C) groups is 1. The number of amides is 2. The van der Waals surface area contributed by atoms with Crippen LogP contribution in [-0.2, 0) is 9.53 Å². The van der Waals surface area contributed by atoms with Gasteiger partial charge in [-0.15, -0.1) is 0 Å². The maximum atomic E-state index is 15.0. The fourth-order valence-corrected chi connectivity index (χ4v) is 5.84.